The van der Waals surface area contributed by atoms with Gasteiger partial charge in [0, 0.05) is 6.42 Å². The maximum atomic E-state index is 11.7. The third-order valence-corrected chi connectivity index (χ3v) is 3.86. The number of hydrogen-bond donors (Lipinski definition) is 0. The maximum absolute atomic E-state index is 11.7. The molecule has 0 saturated carbocycles. The number of carbonyl (C=O) groups is 1. The first-order valence-corrected chi connectivity index (χ1v) is 6.45. The highest BCUT2D eigenvalue weighted by Crippen LogP contribution is 2.11. The van der Waals surface area contributed by atoms with Gasteiger partial charge in [0.25, 0.3) is 0 Å². The average Bonchev–Trinajstić information content (AvgIpc) is 2.18. The topological polar surface area (TPSA) is 51.2 Å². The zero-order valence-electron chi connectivity index (χ0n) is 8.64. The smallest absolute Gasteiger partial charge is 0.178 e. The largest absolute Gasteiger partial charge is 0.300 e. The Morgan fingerprint density at radius 3 is 2.33 bits per heavy atom. The minimum absolute atomic E-state index is 0.0262. The molecule has 1 rings (SSSR count). The molecule has 0 heterocycles. The number of hydrogen-bond acceptors (Lipinski definition) is 3. The molecule has 82 valence electrons. The molecule has 0 saturated heterocycles. The molecule has 0 unspecified atom stereocenters. The second-order valence-corrected chi connectivity index (χ2v) is 5.55. The highest BCUT2D eigenvalue weighted by molar-refractivity contribution is 7.91. The number of ketones is 1. The first-order chi connectivity index (χ1) is 7.02. The predicted molar refractivity (Wildman–Crippen MR) is 58.4 cm³/mol. The Morgan fingerprint density at radius 1 is 1.20 bits per heavy atom. The van der Waals surface area contributed by atoms with Gasteiger partial charge in [-0.2, -0.15) is 0 Å². The van der Waals surface area contributed by atoms with E-state index in [2.05, 4.69) is 0 Å². The van der Waals surface area contributed by atoms with E-state index in [0.717, 1.165) is 0 Å². The molecule has 0 atom stereocenters. The summed E-state index contributed by atoms with van der Waals surface area (Å²) in [5.41, 5.74) is 0. The highest BCUT2D eigenvalue weighted by Gasteiger charge is 2.13. The van der Waals surface area contributed by atoms with Gasteiger partial charge in [-0.05, 0) is 25.5 Å². The van der Waals surface area contributed by atoms with E-state index in [9.17, 15) is 13.2 Å². The lowest BCUT2D eigenvalue weighted by atomic mass is 10.3. The minimum Gasteiger partial charge on any atom is -0.300 e. The summed E-state index contributed by atoms with van der Waals surface area (Å²) in [7, 11) is -3.21. The van der Waals surface area contributed by atoms with E-state index < -0.39 is 9.84 Å². The molecular weight excluding hydrogens is 212 g/mol. The molecule has 0 fully saturated rings. The van der Waals surface area contributed by atoms with Gasteiger partial charge in [0.1, 0.15) is 5.78 Å². The van der Waals surface area contributed by atoms with Gasteiger partial charge >= 0.3 is 0 Å². The fourth-order valence-electron chi connectivity index (χ4n) is 1.26. The normalized spacial score (nSPS) is 11.3. The van der Waals surface area contributed by atoms with Crippen LogP contribution in [0.3, 0.4) is 0 Å². The van der Waals surface area contributed by atoms with Crippen molar-refractivity contribution in [1.29, 1.82) is 0 Å². The van der Waals surface area contributed by atoms with Gasteiger partial charge in [-0.25, -0.2) is 8.42 Å². The fourth-order valence-corrected chi connectivity index (χ4v) is 2.59. The number of benzene rings is 1. The Balaban J connectivity index is 2.65. The Labute approximate surface area is 90.0 Å². The van der Waals surface area contributed by atoms with E-state index in [1.54, 1.807) is 30.3 Å². The van der Waals surface area contributed by atoms with Crippen LogP contribution in [0.15, 0.2) is 35.2 Å². The summed E-state index contributed by atoms with van der Waals surface area (Å²) >= 11 is 0. The summed E-state index contributed by atoms with van der Waals surface area (Å²) < 4.78 is 23.4. The van der Waals surface area contributed by atoms with Crippen LogP contribution in [-0.4, -0.2) is 20.0 Å². The molecular formula is C11H14O3S. The van der Waals surface area contributed by atoms with Crippen LogP contribution in [0, 0.1) is 0 Å². The van der Waals surface area contributed by atoms with Crippen LogP contribution in [0.25, 0.3) is 0 Å². The van der Waals surface area contributed by atoms with Crippen molar-refractivity contribution in [2.45, 2.75) is 24.7 Å². The van der Waals surface area contributed by atoms with Gasteiger partial charge in [0.15, 0.2) is 9.84 Å². The number of carbonyl (C=O) groups excluding carboxylic acids is 1. The molecule has 0 radical (unpaired) electrons. The van der Waals surface area contributed by atoms with Gasteiger partial charge in [-0.3, -0.25) is 0 Å². The zero-order chi connectivity index (χ0) is 11.3. The maximum Gasteiger partial charge on any atom is 0.178 e. The van der Waals surface area contributed by atoms with E-state index in [1.165, 1.54) is 6.92 Å². The lowest BCUT2D eigenvalue weighted by Gasteiger charge is -2.02. The lowest BCUT2D eigenvalue weighted by molar-refractivity contribution is -0.117. The van der Waals surface area contributed by atoms with Crippen LogP contribution in [0.4, 0.5) is 0 Å². The van der Waals surface area contributed by atoms with Crippen LogP contribution in [0.2, 0.25) is 0 Å². The molecule has 3 nitrogen and oxygen atoms in total. The molecule has 15 heavy (non-hydrogen) atoms. The van der Waals surface area contributed by atoms with Crippen LogP contribution in [0.5, 0.6) is 0 Å². The van der Waals surface area contributed by atoms with E-state index in [0.29, 0.717) is 17.7 Å². The van der Waals surface area contributed by atoms with Gasteiger partial charge in [-0.15, -0.1) is 0 Å². The predicted octanol–water partition coefficient (Wildman–Crippen LogP) is 1.83. The van der Waals surface area contributed by atoms with Crippen molar-refractivity contribution in [2.24, 2.45) is 0 Å². The molecule has 0 bridgehead atoms. The second kappa shape index (κ2) is 5.07. The minimum atomic E-state index is -3.21. The molecule has 0 aliphatic rings. The van der Waals surface area contributed by atoms with E-state index >= 15 is 0 Å². The zero-order valence-corrected chi connectivity index (χ0v) is 9.46. The number of rotatable bonds is 5. The first kappa shape index (κ1) is 11.9. The second-order valence-electron chi connectivity index (χ2n) is 3.44. The summed E-state index contributed by atoms with van der Waals surface area (Å²) in [6.45, 7) is 1.47. The third-order valence-electron chi connectivity index (χ3n) is 2.04. The van der Waals surface area contributed by atoms with Gasteiger partial charge < -0.3 is 4.79 Å². The molecule has 0 amide bonds. The number of sulfone groups is 1. The van der Waals surface area contributed by atoms with Crippen molar-refractivity contribution in [3.8, 4) is 0 Å². The highest BCUT2D eigenvalue weighted by atomic mass is 32.2. The summed E-state index contributed by atoms with van der Waals surface area (Å²) in [5.74, 6) is 0.0645. The first-order valence-electron chi connectivity index (χ1n) is 4.79. The fraction of sp³-hybridized carbons (Fsp3) is 0.364. The molecule has 0 aliphatic heterocycles. The molecule has 1 aromatic rings. The van der Waals surface area contributed by atoms with E-state index in [1.807, 2.05) is 0 Å². The summed E-state index contributed by atoms with van der Waals surface area (Å²) in [6.07, 6.45) is 0.721. The third kappa shape index (κ3) is 3.83. The molecule has 1 aromatic carbocycles. The Hall–Kier alpha value is -1.16. The summed E-state index contributed by atoms with van der Waals surface area (Å²) in [5, 5.41) is 0. The van der Waals surface area contributed by atoms with Crippen LogP contribution >= 0.6 is 0 Å². The average molecular weight is 226 g/mol. The van der Waals surface area contributed by atoms with Gasteiger partial charge in [0.2, 0.25) is 0 Å². The lowest BCUT2D eigenvalue weighted by Crippen LogP contribution is -2.07. The van der Waals surface area contributed by atoms with Crippen molar-refractivity contribution >= 4 is 15.6 Å². The Bertz CT molecular complexity index is 420. The van der Waals surface area contributed by atoms with Gasteiger partial charge in [-0.1, -0.05) is 18.2 Å². The van der Waals surface area contributed by atoms with Crippen molar-refractivity contribution in [3.63, 3.8) is 0 Å². The van der Waals surface area contributed by atoms with Crippen molar-refractivity contribution in [3.05, 3.63) is 30.3 Å². The Kier molecular flexibility index (Phi) is 4.03. The van der Waals surface area contributed by atoms with Crippen LogP contribution in [-0.2, 0) is 14.6 Å². The summed E-state index contributed by atoms with van der Waals surface area (Å²) in [4.78, 5) is 11.0. The monoisotopic (exact) mass is 226 g/mol. The molecule has 0 aromatic heterocycles. The van der Waals surface area contributed by atoms with E-state index in [4.69, 9.17) is 0 Å². The Morgan fingerprint density at radius 2 is 1.80 bits per heavy atom. The molecule has 0 N–H and O–H groups in total. The molecule has 4 heteroatoms. The quantitative estimate of drug-likeness (QED) is 0.769. The van der Waals surface area contributed by atoms with Crippen molar-refractivity contribution in [2.75, 3.05) is 5.75 Å². The van der Waals surface area contributed by atoms with Gasteiger partial charge in [0.05, 0.1) is 10.6 Å². The van der Waals surface area contributed by atoms with Crippen molar-refractivity contribution in [1.82, 2.24) is 0 Å². The van der Waals surface area contributed by atoms with Crippen molar-refractivity contribution < 1.29 is 13.2 Å². The SMILES string of the molecule is CC(=O)CCCS(=O)(=O)c1ccccc1. The van der Waals surface area contributed by atoms with Crippen LogP contribution in [0.1, 0.15) is 19.8 Å². The summed E-state index contributed by atoms with van der Waals surface area (Å²) in [6, 6.07) is 8.30. The van der Waals surface area contributed by atoms with Crippen LogP contribution < -0.4 is 0 Å². The molecule has 0 spiro atoms. The number of Topliss-reactive ketones (excluding diaryl/α,β-unsaturated/α-hetero) is 1. The molecule has 0 aliphatic carbocycles. The van der Waals surface area contributed by atoms with E-state index in [-0.39, 0.29) is 11.5 Å². The standard InChI is InChI=1S/C11H14O3S/c1-10(12)6-5-9-15(13,14)11-7-3-2-4-8-11/h2-4,7-8H,5-6,9H2,1H3.